The summed E-state index contributed by atoms with van der Waals surface area (Å²) in [4.78, 5) is 4.80. The Morgan fingerprint density at radius 3 is 1.37 bits per heavy atom. The maximum atomic E-state index is 10.7. The first kappa shape index (κ1) is 45.1. The third-order valence-corrected chi connectivity index (χ3v) is 12.6. The van der Waals surface area contributed by atoms with Gasteiger partial charge in [-0.25, -0.2) is 0 Å². The highest BCUT2D eigenvalue weighted by Gasteiger charge is 2.47. The molecule has 13 nitrogen and oxygen atoms in total. The Morgan fingerprint density at radius 2 is 0.870 bits per heavy atom. The van der Waals surface area contributed by atoms with E-state index in [0.717, 1.165) is 25.8 Å². The fourth-order valence-corrected chi connectivity index (χ4v) is 9.78. The van der Waals surface area contributed by atoms with E-state index >= 15 is 0 Å². The lowest BCUT2D eigenvalue weighted by Crippen LogP contribution is -2.60. The highest BCUT2D eigenvalue weighted by molar-refractivity contribution is 5.19. The molecule has 4 rings (SSSR count). The number of aliphatic hydroxyl groups is 4. The van der Waals surface area contributed by atoms with Crippen LogP contribution >= 0.6 is 0 Å². The molecule has 54 heavy (non-hydrogen) atoms. The lowest BCUT2D eigenvalue weighted by Gasteiger charge is -2.49. The normalized spacial score (nSPS) is 39.6. The molecule has 0 saturated carbocycles. The third-order valence-electron chi connectivity index (χ3n) is 12.6. The van der Waals surface area contributed by atoms with Gasteiger partial charge in [0.1, 0.15) is 24.4 Å². The Labute approximate surface area is 323 Å². The number of ether oxygens (including phenoxy) is 7. The molecule has 1 unspecified atom stereocenters. The Balaban J connectivity index is 1.61. The number of unbranched alkanes of at least 4 members (excludes halogenated alkanes) is 2. The molecule has 16 atom stereocenters. The average molecular weight is 767 g/mol. The van der Waals surface area contributed by atoms with E-state index in [-0.39, 0.29) is 123 Å². The smallest absolute Gasteiger partial charge is 0.115 e. The Kier molecular flexibility index (Phi) is 18.7. The largest absolute Gasteiger partial charge is 0.396 e. The van der Waals surface area contributed by atoms with Gasteiger partial charge in [-0.1, -0.05) is 62.0 Å². The van der Waals surface area contributed by atoms with Crippen LogP contribution in [0.25, 0.3) is 0 Å². The van der Waals surface area contributed by atoms with Gasteiger partial charge >= 0.3 is 0 Å². The van der Waals surface area contributed by atoms with Gasteiger partial charge in [-0.3, -0.25) is 9.80 Å². The molecule has 0 aromatic heterocycles. The second-order valence-electron chi connectivity index (χ2n) is 15.2. The molecule has 0 aromatic rings. The van der Waals surface area contributed by atoms with Crippen molar-refractivity contribution in [2.45, 2.75) is 93.1 Å². The molecule has 0 saturated heterocycles. The van der Waals surface area contributed by atoms with Gasteiger partial charge in [0.15, 0.2) is 0 Å². The summed E-state index contributed by atoms with van der Waals surface area (Å²) in [6.07, 6.45) is 17.4. The topological polar surface area (TPSA) is 152 Å². The number of aliphatic hydroxyl groups excluding tert-OH is 4. The molecule has 4 N–H and O–H groups in total. The Morgan fingerprint density at radius 1 is 0.407 bits per heavy atom. The van der Waals surface area contributed by atoms with Gasteiger partial charge in [-0.15, -0.1) is 0 Å². The molecule has 0 heterocycles. The SMILES string of the molecule is CO[C@H]1[C@H](CO)[C@@H](N(CCCCCN(C2C=C[C@@H](CO)[C@@H](OC)[C@@H]2OC)[C@H]2C=C[C@@H](OC)[C@@H](CO)[C@@H]2CO)[C@H]2C=C[C@@H](OC)[C@@H](OC)[C@@H]2OC)C=C[C@H]1C. The minimum atomic E-state index is -0.369. The van der Waals surface area contributed by atoms with E-state index < -0.39 is 0 Å². The molecule has 4 aliphatic rings. The molecule has 0 amide bonds. The van der Waals surface area contributed by atoms with Gasteiger partial charge in [0, 0.05) is 105 Å². The summed E-state index contributed by atoms with van der Waals surface area (Å²) in [5, 5.41) is 42.1. The van der Waals surface area contributed by atoms with E-state index in [1.54, 1.807) is 49.8 Å². The maximum Gasteiger partial charge on any atom is 0.115 e. The predicted octanol–water partition coefficient (Wildman–Crippen LogP) is 1.69. The predicted molar refractivity (Wildman–Crippen MR) is 206 cm³/mol. The highest BCUT2D eigenvalue weighted by Crippen LogP contribution is 2.37. The minimum absolute atomic E-state index is 0.0132. The van der Waals surface area contributed by atoms with Crippen molar-refractivity contribution < 1.29 is 53.6 Å². The van der Waals surface area contributed by atoms with Crippen molar-refractivity contribution in [2.24, 2.45) is 29.6 Å². The molecule has 0 fully saturated rings. The van der Waals surface area contributed by atoms with Crippen LogP contribution in [0.4, 0.5) is 0 Å². The van der Waals surface area contributed by atoms with Crippen LogP contribution in [0, 0.1) is 29.6 Å². The van der Waals surface area contributed by atoms with E-state index in [0.29, 0.717) is 6.54 Å². The van der Waals surface area contributed by atoms with Gasteiger partial charge < -0.3 is 53.6 Å². The molecule has 0 spiro atoms. The summed E-state index contributed by atoms with van der Waals surface area (Å²) < 4.78 is 41.5. The Hall–Kier alpha value is -1.56. The van der Waals surface area contributed by atoms with Crippen molar-refractivity contribution in [1.29, 1.82) is 0 Å². The van der Waals surface area contributed by atoms with Gasteiger partial charge in [-0.05, 0) is 25.9 Å². The molecular formula is C41H70N2O11. The molecular weight excluding hydrogens is 696 g/mol. The summed E-state index contributed by atoms with van der Waals surface area (Å²) in [6, 6.07) is -0.648. The first-order chi connectivity index (χ1) is 26.3. The van der Waals surface area contributed by atoms with Gasteiger partial charge in [0.2, 0.25) is 0 Å². The highest BCUT2D eigenvalue weighted by atomic mass is 16.6. The number of hydrogen-bond acceptors (Lipinski definition) is 13. The van der Waals surface area contributed by atoms with Crippen molar-refractivity contribution in [3.05, 3.63) is 48.6 Å². The molecule has 13 heteroatoms. The average Bonchev–Trinajstić information content (AvgIpc) is 3.21. The molecule has 4 aliphatic carbocycles. The first-order valence-corrected chi connectivity index (χ1v) is 19.6. The lowest BCUT2D eigenvalue weighted by atomic mass is 9.76. The molecule has 310 valence electrons. The van der Waals surface area contributed by atoms with Crippen molar-refractivity contribution in [3.63, 3.8) is 0 Å². The third kappa shape index (κ3) is 9.75. The van der Waals surface area contributed by atoms with Crippen LogP contribution in [0.15, 0.2) is 48.6 Å². The van der Waals surface area contributed by atoms with Crippen LogP contribution in [0.5, 0.6) is 0 Å². The summed E-state index contributed by atoms with van der Waals surface area (Å²) in [7, 11) is 11.7. The maximum absolute atomic E-state index is 10.7. The van der Waals surface area contributed by atoms with Crippen LogP contribution in [-0.2, 0) is 33.2 Å². The van der Waals surface area contributed by atoms with Crippen molar-refractivity contribution in [1.82, 2.24) is 9.80 Å². The molecule has 0 aromatic carbocycles. The first-order valence-electron chi connectivity index (χ1n) is 19.6. The van der Waals surface area contributed by atoms with Crippen LogP contribution in [0.2, 0.25) is 0 Å². The van der Waals surface area contributed by atoms with E-state index in [9.17, 15) is 20.4 Å². The number of hydrogen-bond donors (Lipinski definition) is 4. The monoisotopic (exact) mass is 766 g/mol. The Bertz CT molecular complexity index is 1160. The van der Waals surface area contributed by atoms with Crippen LogP contribution in [0.1, 0.15) is 26.2 Å². The summed E-state index contributed by atoms with van der Waals surface area (Å²) in [6.45, 7) is 3.24. The second kappa shape index (κ2) is 22.4. The molecule has 0 aliphatic heterocycles. The number of nitrogens with zero attached hydrogens (tertiary/aromatic N) is 2. The zero-order valence-electron chi connectivity index (χ0n) is 33.8. The number of rotatable bonds is 21. The molecule has 0 bridgehead atoms. The van der Waals surface area contributed by atoms with Gasteiger partial charge in [-0.2, -0.15) is 0 Å². The van der Waals surface area contributed by atoms with Gasteiger partial charge in [0.25, 0.3) is 0 Å². The van der Waals surface area contributed by atoms with E-state index in [1.165, 1.54) is 0 Å². The summed E-state index contributed by atoms with van der Waals surface area (Å²) in [5.41, 5.74) is 0. The fraction of sp³-hybridized carbons (Fsp3) is 0.805. The fourth-order valence-electron chi connectivity index (χ4n) is 9.78. The quantitative estimate of drug-likeness (QED) is 0.0993. The lowest BCUT2D eigenvalue weighted by molar-refractivity contribution is -0.128. The van der Waals surface area contributed by atoms with Crippen LogP contribution < -0.4 is 0 Å². The van der Waals surface area contributed by atoms with Crippen molar-refractivity contribution in [3.8, 4) is 0 Å². The van der Waals surface area contributed by atoms with Crippen LogP contribution in [0.3, 0.4) is 0 Å². The minimum Gasteiger partial charge on any atom is -0.396 e. The van der Waals surface area contributed by atoms with Crippen LogP contribution in [-0.4, -0.2) is 186 Å². The van der Waals surface area contributed by atoms with E-state index in [2.05, 4.69) is 53.2 Å². The summed E-state index contributed by atoms with van der Waals surface area (Å²) >= 11 is 0. The standard InChI is InChI=1S/C41H70N2O11/c1-26-12-14-32(30(25-47)37(26)50-4)43(34-17-19-36(49-3)41(54-8)40(34)53-7)21-11-9-10-20-42(31-16-18-35(48-2)29(24-46)28(31)23-45)33-15-13-27(22-44)38(51-5)39(33)52-6/h12-19,26-41,44-47H,9-11,20-25H2,1-8H3/t26-,27+,28+,29+,30-,31+,32+,33?,34+,35-,36-,37-,38-,39-,40-,41-/m1/s1. The second-order valence-corrected chi connectivity index (χ2v) is 15.2. The van der Waals surface area contributed by atoms with Gasteiger partial charge in [0.05, 0.1) is 43.6 Å². The summed E-state index contributed by atoms with van der Waals surface area (Å²) in [5.74, 6) is -0.738. The van der Waals surface area contributed by atoms with Crippen molar-refractivity contribution in [2.75, 3.05) is 89.3 Å². The molecule has 0 radical (unpaired) electrons. The number of methoxy groups -OCH3 is 7. The van der Waals surface area contributed by atoms with E-state index in [4.69, 9.17) is 33.2 Å². The zero-order chi connectivity index (χ0) is 39.4. The van der Waals surface area contributed by atoms with Crippen molar-refractivity contribution >= 4 is 0 Å². The van der Waals surface area contributed by atoms with E-state index in [1.807, 2.05) is 12.2 Å². The zero-order valence-corrected chi connectivity index (χ0v) is 33.8.